The molecule has 1 N–H and O–H groups in total. The molecule has 3 heteroatoms. The summed E-state index contributed by atoms with van der Waals surface area (Å²) in [6.45, 7) is 8.83. The molecule has 1 saturated heterocycles. The Morgan fingerprint density at radius 1 is 1.40 bits per heavy atom. The largest absolute Gasteiger partial charge is 0.360 e. The second kappa shape index (κ2) is 6.31. The van der Waals surface area contributed by atoms with Crippen LogP contribution in [-0.4, -0.2) is 29.1 Å². The lowest BCUT2D eigenvalue weighted by Gasteiger charge is -2.34. The minimum atomic E-state index is 0.450. The van der Waals surface area contributed by atoms with Crippen LogP contribution in [0.15, 0.2) is 0 Å². The molecule has 1 aliphatic heterocycles. The summed E-state index contributed by atoms with van der Waals surface area (Å²) < 4.78 is 0. The Balaban J connectivity index is 2.27. The van der Waals surface area contributed by atoms with Crippen molar-refractivity contribution in [2.24, 2.45) is 5.92 Å². The molecule has 0 amide bonds. The number of rotatable bonds is 3. The van der Waals surface area contributed by atoms with Crippen molar-refractivity contribution < 1.29 is 0 Å². The second-order valence-electron chi connectivity index (χ2n) is 4.82. The van der Waals surface area contributed by atoms with Gasteiger partial charge in [-0.15, -0.1) is 0 Å². The number of nitrogens with one attached hydrogen (secondary N) is 1. The average molecular weight is 228 g/mol. The Labute approximate surface area is 99.4 Å². The van der Waals surface area contributed by atoms with E-state index < -0.39 is 0 Å². The van der Waals surface area contributed by atoms with Crippen molar-refractivity contribution in [2.45, 2.75) is 52.5 Å². The monoisotopic (exact) mass is 228 g/mol. The molecular formula is C12H24N2S. The first-order valence-electron chi connectivity index (χ1n) is 6.19. The maximum absolute atomic E-state index is 5.37. The van der Waals surface area contributed by atoms with Crippen LogP contribution < -0.4 is 5.32 Å². The van der Waals surface area contributed by atoms with Crippen molar-refractivity contribution in [2.75, 3.05) is 13.1 Å². The fourth-order valence-corrected chi connectivity index (χ4v) is 2.59. The maximum Gasteiger partial charge on any atom is 0.169 e. The molecule has 1 aliphatic rings. The standard InChI is InChI=1S/C12H24N2S/c1-4-5-11-6-8-14(9-7-11)12(15)13-10(2)3/h10-11H,4-9H2,1-3H3,(H,13,15). The lowest BCUT2D eigenvalue weighted by molar-refractivity contribution is 0.252. The van der Waals surface area contributed by atoms with E-state index in [1.807, 2.05) is 0 Å². The molecular weight excluding hydrogens is 204 g/mol. The minimum absolute atomic E-state index is 0.450. The molecule has 0 aromatic carbocycles. The fraction of sp³-hybridized carbons (Fsp3) is 0.917. The quantitative estimate of drug-likeness (QED) is 0.748. The number of thiocarbonyl (C=S) groups is 1. The zero-order valence-electron chi connectivity index (χ0n) is 10.3. The van der Waals surface area contributed by atoms with Crippen LogP contribution in [0.2, 0.25) is 0 Å². The average Bonchev–Trinajstić information content (AvgIpc) is 2.18. The minimum Gasteiger partial charge on any atom is -0.360 e. The number of likely N-dealkylation sites (tertiary alicyclic amines) is 1. The van der Waals surface area contributed by atoms with Gasteiger partial charge in [-0.25, -0.2) is 0 Å². The van der Waals surface area contributed by atoms with Crippen LogP contribution in [0, 0.1) is 5.92 Å². The van der Waals surface area contributed by atoms with Gasteiger partial charge in [0, 0.05) is 19.1 Å². The van der Waals surface area contributed by atoms with Gasteiger partial charge in [-0.05, 0) is 44.8 Å². The Hall–Kier alpha value is -0.310. The lowest BCUT2D eigenvalue weighted by atomic mass is 9.93. The van der Waals surface area contributed by atoms with Gasteiger partial charge in [0.05, 0.1) is 0 Å². The predicted molar refractivity (Wildman–Crippen MR) is 70.1 cm³/mol. The van der Waals surface area contributed by atoms with Gasteiger partial charge in [-0.3, -0.25) is 0 Å². The highest BCUT2D eigenvalue weighted by molar-refractivity contribution is 7.80. The first-order valence-corrected chi connectivity index (χ1v) is 6.59. The number of nitrogens with zero attached hydrogens (tertiary/aromatic N) is 1. The van der Waals surface area contributed by atoms with E-state index in [-0.39, 0.29) is 0 Å². The SMILES string of the molecule is CCCC1CCN(C(=S)NC(C)C)CC1. The van der Waals surface area contributed by atoms with Crippen LogP contribution in [-0.2, 0) is 0 Å². The van der Waals surface area contributed by atoms with E-state index in [0.717, 1.165) is 24.1 Å². The molecule has 0 aliphatic carbocycles. The van der Waals surface area contributed by atoms with E-state index in [1.54, 1.807) is 0 Å². The van der Waals surface area contributed by atoms with Crippen molar-refractivity contribution in [3.63, 3.8) is 0 Å². The molecule has 0 unspecified atom stereocenters. The summed E-state index contributed by atoms with van der Waals surface area (Å²) in [5.41, 5.74) is 0. The van der Waals surface area contributed by atoms with Gasteiger partial charge in [-0.1, -0.05) is 19.8 Å². The van der Waals surface area contributed by atoms with Crippen molar-refractivity contribution in [3.8, 4) is 0 Å². The van der Waals surface area contributed by atoms with Crippen molar-refractivity contribution in [1.29, 1.82) is 0 Å². The highest BCUT2D eigenvalue weighted by Gasteiger charge is 2.20. The first-order chi connectivity index (χ1) is 7.13. The third-order valence-electron chi connectivity index (χ3n) is 3.01. The predicted octanol–water partition coefficient (Wildman–Crippen LogP) is 2.78. The molecule has 0 spiro atoms. The zero-order chi connectivity index (χ0) is 11.3. The smallest absolute Gasteiger partial charge is 0.169 e. The Morgan fingerprint density at radius 2 is 2.00 bits per heavy atom. The van der Waals surface area contributed by atoms with Crippen LogP contribution >= 0.6 is 12.2 Å². The molecule has 0 saturated carbocycles. The van der Waals surface area contributed by atoms with Gasteiger partial charge in [0.1, 0.15) is 0 Å². The summed E-state index contributed by atoms with van der Waals surface area (Å²) in [5.74, 6) is 0.938. The number of hydrogen-bond acceptors (Lipinski definition) is 1. The Morgan fingerprint density at radius 3 is 2.47 bits per heavy atom. The van der Waals surface area contributed by atoms with Crippen molar-refractivity contribution >= 4 is 17.3 Å². The van der Waals surface area contributed by atoms with E-state index >= 15 is 0 Å². The summed E-state index contributed by atoms with van der Waals surface area (Å²) in [5, 5.41) is 4.26. The van der Waals surface area contributed by atoms with Crippen LogP contribution in [0.25, 0.3) is 0 Å². The molecule has 1 heterocycles. The van der Waals surface area contributed by atoms with Crippen LogP contribution in [0.3, 0.4) is 0 Å². The van der Waals surface area contributed by atoms with Gasteiger partial charge in [0.2, 0.25) is 0 Å². The summed E-state index contributed by atoms with van der Waals surface area (Å²) in [6.07, 6.45) is 5.33. The number of hydrogen-bond donors (Lipinski definition) is 1. The second-order valence-corrected chi connectivity index (χ2v) is 5.21. The third-order valence-corrected chi connectivity index (χ3v) is 3.39. The van der Waals surface area contributed by atoms with Gasteiger partial charge in [0.25, 0.3) is 0 Å². The molecule has 1 rings (SSSR count). The van der Waals surface area contributed by atoms with E-state index in [0.29, 0.717) is 6.04 Å². The highest BCUT2D eigenvalue weighted by atomic mass is 32.1. The summed E-state index contributed by atoms with van der Waals surface area (Å²) in [7, 11) is 0. The highest BCUT2D eigenvalue weighted by Crippen LogP contribution is 2.21. The first kappa shape index (κ1) is 12.8. The van der Waals surface area contributed by atoms with E-state index in [9.17, 15) is 0 Å². The molecule has 0 atom stereocenters. The lowest BCUT2D eigenvalue weighted by Crippen LogP contribution is -2.46. The molecule has 2 nitrogen and oxygen atoms in total. The maximum atomic E-state index is 5.37. The van der Waals surface area contributed by atoms with Gasteiger partial charge >= 0.3 is 0 Å². The zero-order valence-corrected chi connectivity index (χ0v) is 11.1. The van der Waals surface area contributed by atoms with E-state index in [4.69, 9.17) is 12.2 Å². The molecule has 15 heavy (non-hydrogen) atoms. The van der Waals surface area contributed by atoms with Gasteiger partial charge in [-0.2, -0.15) is 0 Å². The number of piperidine rings is 1. The summed E-state index contributed by atoms with van der Waals surface area (Å²) >= 11 is 5.37. The normalized spacial score (nSPS) is 18.3. The third kappa shape index (κ3) is 4.37. The van der Waals surface area contributed by atoms with E-state index in [1.165, 1.54) is 25.7 Å². The van der Waals surface area contributed by atoms with Crippen LogP contribution in [0.5, 0.6) is 0 Å². The molecule has 0 bridgehead atoms. The molecule has 0 aromatic rings. The van der Waals surface area contributed by atoms with Gasteiger partial charge in [0.15, 0.2) is 5.11 Å². The van der Waals surface area contributed by atoms with Gasteiger partial charge < -0.3 is 10.2 Å². The van der Waals surface area contributed by atoms with Crippen molar-refractivity contribution in [1.82, 2.24) is 10.2 Å². The molecule has 88 valence electrons. The van der Waals surface area contributed by atoms with Crippen LogP contribution in [0.1, 0.15) is 46.5 Å². The Bertz CT molecular complexity index is 196. The molecule has 0 aromatic heterocycles. The summed E-state index contributed by atoms with van der Waals surface area (Å²) in [4.78, 5) is 2.32. The Kier molecular flexibility index (Phi) is 5.37. The van der Waals surface area contributed by atoms with Crippen LogP contribution in [0.4, 0.5) is 0 Å². The fourth-order valence-electron chi connectivity index (χ4n) is 2.17. The van der Waals surface area contributed by atoms with E-state index in [2.05, 4.69) is 31.0 Å². The summed E-state index contributed by atoms with van der Waals surface area (Å²) in [6, 6.07) is 0.450. The molecule has 1 fully saturated rings. The molecule has 0 radical (unpaired) electrons. The topological polar surface area (TPSA) is 15.3 Å². The van der Waals surface area contributed by atoms with Crippen molar-refractivity contribution in [3.05, 3.63) is 0 Å².